The maximum Gasteiger partial charge on any atom is 0.416 e. The molecule has 0 amide bonds. The van der Waals surface area contributed by atoms with Crippen LogP contribution in [0.2, 0.25) is 0 Å². The summed E-state index contributed by atoms with van der Waals surface area (Å²) in [5.74, 6) is 0.114. The second-order valence-corrected chi connectivity index (χ2v) is 7.61. The van der Waals surface area contributed by atoms with E-state index in [0.29, 0.717) is 34.5 Å². The first kappa shape index (κ1) is 20.1. The fourth-order valence-electron chi connectivity index (χ4n) is 2.79. The third-order valence-corrected chi connectivity index (χ3v) is 5.72. The van der Waals surface area contributed by atoms with E-state index in [4.69, 9.17) is 0 Å². The van der Waals surface area contributed by atoms with Gasteiger partial charge in [-0.15, -0.1) is 11.3 Å². The van der Waals surface area contributed by atoms with Crippen LogP contribution in [-0.4, -0.2) is 15.9 Å². The van der Waals surface area contributed by atoms with Crippen molar-refractivity contribution in [1.82, 2.24) is 4.98 Å². The number of hydrogen-bond acceptors (Lipinski definition) is 4. The van der Waals surface area contributed by atoms with E-state index >= 15 is 0 Å². The predicted octanol–water partition coefficient (Wildman–Crippen LogP) is 5.97. The van der Waals surface area contributed by atoms with Crippen molar-refractivity contribution in [3.05, 3.63) is 69.7 Å². The van der Waals surface area contributed by atoms with Crippen LogP contribution in [0.15, 0.2) is 42.5 Å². The molecule has 3 rings (SSSR count). The second-order valence-electron chi connectivity index (χ2n) is 6.53. The van der Waals surface area contributed by atoms with E-state index in [0.717, 1.165) is 22.7 Å². The zero-order valence-corrected chi connectivity index (χ0v) is 16.1. The van der Waals surface area contributed by atoms with Crippen LogP contribution in [0.4, 0.5) is 13.2 Å². The topological polar surface area (TPSA) is 50.2 Å². The third kappa shape index (κ3) is 4.42. The van der Waals surface area contributed by atoms with Crippen LogP contribution in [0, 0.1) is 13.8 Å². The molecular formula is C21H18F3NO2S. The molecule has 2 aromatic carbocycles. The SMILES string of the molecule is Cc1cc(C(=O)CCc2sc(-c3ccc(C(F)(F)F)cc3)nc2C)ccc1O. The van der Waals surface area contributed by atoms with Gasteiger partial charge in [-0.3, -0.25) is 4.79 Å². The van der Waals surface area contributed by atoms with Gasteiger partial charge in [0.1, 0.15) is 10.8 Å². The van der Waals surface area contributed by atoms with Gasteiger partial charge in [0.05, 0.1) is 11.3 Å². The predicted molar refractivity (Wildman–Crippen MR) is 103 cm³/mol. The van der Waals surface area contributed by atoms with Crippen LogP contribution in [0.25, 0.3) is 10.6 Å². The van der Waals surface area contributed by atoms with Crippen molar-refractivity contribution in [1.29, 1.82) is 0 Å². The van der Waals surface area contributed by atoms with Crippen LogP contribution in [0.1, 0.15) is 38.5 Å². The molecule has 146 valence electrons. The van der Waals surface area contributed by atoms with Gasteiger partial charge in [0.25, 0.3) is 0 Å². The van der Waals surface area contributed by atoms with E-state index in [9.17, 15) is 23.1 Å². The normalized spacial score (nSPS) is 11.6. The molecule has 0 fully saturated rings. The second kappa shape index (κ2) is 7.75. The van der Waals surface area contributed by atoms with E-state index in [1.54, 1.807) is 19.1 Å². The van der Waals surface area contributed by atoms with Gasteiger partial charge < -0.3 is 5.11 Å². The van der Waals surface area contributed by atoms with E-state index in [1.165, 1.54) is 29.5 Å². The highest BCUT2D eigenvalue weighted by atomic mass is 32.1. The molecule has 0 aliphatic carbocycles. The maximum absolute atomic E-state index is 12.7. The molecule has 0 unspecified atom stereocenters. The molecule has 0 atom stereocenters. The summed E-state index contributed by atoms with van der Waals surface area (Å²) in [4.78, 5) is 17.8. The van der Waals surface area contributed by atoms with Gasteiger partial charge in [0.2, 0.25) is 0 Å². The number of thiazole rings is 1. The molecule has 1 N–H and O–H groups in total. The summed E-state index contributed by atoms with van der Waals surface area (Å²) < 4.78 is 38.1. The van der Waals surface area contributed by atoms with E-state index < -0.39 is 11.7 Å². The number of Topliss-reactive ketones (excluding diaryl/α,β-unsaturated/α-hetero) is 1. The number of ketones is 1. The van der Waals surface area contributed by atoms with Crippen molar-refractivity contribution in [3.8, 4) is 16.3 Å². The Labute approximate surface area is 164 Å². The molecule has 0 saturated heterocycles. The highest BCUT2D eigenvalue weighted by Gasteiger charge is 2.30. The highest BCUT2D eigenvalue weighted by Crippen LogP contribution is 2.33. The lowest BCUT2D eigenvalue weighted by Crippen LogP contribution is -2.03. The summed E-state index contributed by atoms with van der Waals surface area (Å²) in [6.07, 6.45) is -3.57. The van der Waals surface area contributed by atoms with Crippen molar-refractivity contribution in [2.24, 2.45) is 0 Å². The zero-order valence-electron chi connectivity index (χ0n) is 15.3. The molecule has 7 heteroatoms. The van der Waals surface area contributed by atoms with Crippen molar-refractivity contribution in [3.63, 3.8) is 0 Å². The van der Waals surface area contributed by atoms with Crippen molar-refractivity contribution < 1.29 is 23.1 Å². The Kier molecular flexibility index (Phi) is 5.56. The highest BCUT2D eigenvalue weighted by molar-refractivity contribution is 7.15. The molecule has 28 heavy (non-hydrogen) atoms. The Morgan fingerprint density at radius 2 is 1.79 bits per heavy atom. The van der Waals surface area contributed by atoms with Gasteiger partial charge >= 0.3 is 6.18 Å². The van der Waals surface area contributed by atoms with Gasteiger partial charge in [-0.2, -0.15) is 13.2 Å². The Morgan fingerprint density at radius 1 is 1.11 bits per heavy atom. The first-order chi connectivity index (χ1) is 13.1. The average molecular weight is 405 g/mol. The fraction of sp³-hybridized carbons (Fsp3) is 0.238. The van der Waals surface area contributed by atoms with Gasteiger partial charge in [-0.25, -0.2) is 4.98 Å². The number of aryl methyl sites for hydroxylation is 3. The summed E-state index contributed by atoms with van der Waals surface area (Å²) in [5, 5.41) is 10.2. The molecule has 3 aromatic rings. The largest absolute Gasteiger partial charge is 0.508 e. The van der Waals surface area contributed by atoms with Crippen LogP contribution < -0.4 is 0 Å². The fourth-order valence-corrected chi connectivity index (χ4v) is 3.85. The third-order valence-electron chi connectivity index (χ3n) is 4.45. The van der Waals surface area contributed by atoms with E-state index in [1.807, 2.05) is 6.92 Å². The lowest BCUT2D eigenvalue weighted by atomic mass is 10.0. The number of aromatic nitrogens is 1. The van der Waals surface area contributed by atoms with E-state index in [2.05, 4.69) is 4.98 Å². The number of carbonyl (C=O) groups excluding carboxylic acids is 1. The zero-order chi connectivity index (χ0) is 20.5. The minimum absolute atomic E-state index is 0.0352. The Balaban J connectivity index is 1.72. The molecule has 0 saturated carbocycles. The standard InChI is InChI=1S/C21H18F3NO2S/c1-12-11-15(5-8-17(12)26)18(27)9-10-19-13(2)25-20(28-19)14-3-6-16(7-4-14)21(22,23)24/h3-8,11,26H,9-10H2,1-2H3. The number of phenolic OH excluding ortho intramolecular Hbond substituents is 1. The number of rotatable bonds is 5. The van der Waals surface area contributed by atoms with Crippen LogP contribution in [0.3, 0.4) is 0 Å². The Morgan fingerprint density at radius 3 is 2.39 bits per heavy atom. The number of hydrogen-bond donors (Lipinski definition) is 1. The van der Waals surface area contributed by atoms with E-state index in [-0.39, 0.29) is 11.5 Å². The summed E-state index contributed by atoms with van der Waals surface area (Å²) in [5.41, 5.74) is 1.88. The summed E-state index contributed by atoms with van der Waals surface area (Å²) >= 11 is 1.38. The summed E-state index contributed by atoms with van der Waals surface area (Å²) in [6, 6.07) is 9.67. The maximum atomic E-state index is 12.7. The Bertz CT molecular complexity index is 1010. The minimum atomic E-state index is -4.37. The lowest BCUT2D eigenvalue weighted by Gasteiger charge is -2.06. The molecule has 0 aliphatic heterocycles. The molecule has 0 spiro atoms. The smallest absolute Gasteiger partial charge is 0.416 e. The van der Waals surface area contributed by atoms with Crippen molar-refractivity contribution >= 4 is 17.1 Å². The molecule has 1 heterocycles. The van der Waals surface area contributed by atoms with Gasteiger partial charge in [-0.05, 0) is 56.2 Å². The average Bonchev–Trinajstić information content (AvgIpc) is 3.02. The monoisotopic (exact) mass is 405 g/mol. The summed E-state index contributed by atoms with van der Waals surface area (Å²) in [6.45, 7) is 3.56. The first-order valence-electron chi connectivity index (χ1n) is 8.62. The number of alkyl halides is 3. The number of carbonyl (C=O) groups is 1. The van der Waals surface area contributed by atoms with Crippen LogP contribution >= 0.6 is 11.3 Å². The lowest BCUT2D eigenvalue weighted by molar-refractivity contribution is -0.137. The minimum Gasteiger partial charge on any atom is -0.508 e. The van der Waals surface area contributed by atoms with Crippen molar-refractivity contribution in [2.75, 3.05) is 0 Å². The number of benzene rings is 2. The molecular weight excluding hydrogens is 387 g/mol. The summed E-state index contributed by atoms with van der Waals surface area (Å²) in [7, 11) is 0. The molecule has 0 bridgehead atoms. The molecule has 0 radical (unpaired) electrons. The number of phenols is 1. The quantitative estimate of drug-likeness (QED) is 0.532. The van der Waals surface area contributed by atoms with Gasteiger partial charge in [-0.1, -0.05) is 12.1 Å². The van der Waals surface area contributed by atoms with Gasteiger partial charge in [0.15, 0.2) is 5.78 Å². The number of nitrogens with zero attached hydrogens (tertiary/aromatic N) is 1. The molecule has 0 aliphatic rings. The first-order valence-corrected chi connectivity index (χ1v) is 9.43. The van der Waals surface area contributed by atoms with Gasteiger partial charge in [0, 0.05) is 22.4 Å². The van der Waals surface area contributed by atoms with Crippen LogP contribution in [0.5, 0.6) is 5.75 Å². The van der Waals surface area contributed by atoms with Crippen LogP contribution in [-0.2, 0) is 12.6 Å². The number of aromatic hydroxyl groups is 1. The van der Waals surface area contributed by atoms with Crippen molar-refractivity contribution in [2.45, 2.75) is 32.9 Å². The molecule has 1 aromatic heterocycles. The number of halogens is 3. The molecule has 3 nitrogen and oxygen atoms in total. The Hall–Kier alpha value is -2.67.